The number of nitrogens with zero attached hydrogens (tertiary/aromatic N) is 1. The maximum absolute atomic E-state index is 5.89. The van der Waals surface area contributed by atoms with Gasteiger partial charge in [-0.15, -0.1) is 0 Å². The number of rotatable bonds is 5. The quantitative estimate of drug-likeness (QED) is 0.446. The summed E-state index contributed by atoms with van der Waals surface area (Å²) in [7, 11) is 0. The molecule has 2 heteroatoms. The first-order valence-electron chi connectivity index (χ1n) is 8.67. The Bertz CT molecular complexity index is 1040. The van der Waals surface area contributed by atoms with Gasteiger partial charge in [0.15, 0.2) is 0 Å². The smallest absolute Gasteiger partial charge is 0.120 e. The molecule has 2 nitrogen and oxygen atoms in total. The molecule has 0 aliphatic heterocycles. The summed E-state index contributed by atoms with van der Waals surface area (Å²) in [6.07, 6.45) is 4.09. The molecule has 0 unspecified atom stereocenters. The van der Waals surface area contributed by atoms with Crippen molar-refractivity contribution in [2.75, 3.05) is 0 Å². The molecule has 26 heavy (non-hydrogen) atoms. The summed E-state index contributed by atoms with van der Waals surface area (Å²) >= 11 is 0. The third-order valence-corrected chi connectivity index (χ3v) is 4.17. The molecule has 4 rings (SSSR count). The molecule has 0 N–H and O–H groups in total. The van der Waals surface area contributed by atoms with E-state index < -0.39 is 0 Å². The Balaban J connectivity index is 1.48. The maximum atomic E-state index is 5.89. The number of ether oxygens (including phenoxy) is 1. The van der Waals surface area contributed by atoms with Gasteiger partial charge in [-0.3, -0.25) is 0 Å². The van der Waals surface area contributed by atoms with Crippen molar-refractivity contribution in [3.8, 4) is 5.75 Å². The lowest BCUT2D eigenvalue weighted by molar-refractivity contribution is 0.306. The summed E-state index contributed by atoms with van der Waals surface area (Å²) in [6, 6.07) is 30.6. The standard InChI is InChI=1S/C24H19NO/c1-2-7-20(8-3-1)18-26-23-11-6-9-19(17-23)13-15-22-16-14-21-10-4-5-12-24(21)25-22/h1-17H,18H2/b15-13+. The molecule has 0 atom stereocenters. The number of hydrogen-bond acceptors (Lipinski definition) is 2. The van der Waals surface area contributed by atoms with E-state index >= 15 is 0 Å². The van der Waals surface area contributed by atoms with Gasteiger partial charge in [-0.2, -0.15) is 0 Å². The predicted molar refractivity (Wildman–Crippen MR) is 108 cm³/mol. The van der Waals surface area contributed by atoms with E-state index in [-0.39, 0.29) is 0 Å². The Labute approximate surface area is 153 Å². The van der Waals surface area contributed by atoms with Gasteiger partial charge in [0.1, 0.15) is 12.4 Å². The van der Waals surface area contributed by atoms with Crippen molar-refractivity contribution in [2.24, 2.45) is 0 Å². The molecule has 0 spiro atoms. The van der Waals surface area contributed by atoms with Gasteiger partial charge in [-0.05, 0) is 41.5 Å². The van der Waals surface area contributed by atoms with Crippen molar-refractivity contribution in [1.82, 2.24) is 4.98 Å². The van der Waals surface area contributed by atoms with Crippen molar-refractivity contribution in [1.29, 1.82) is 0 Å². The van der Waals surface area contributed by atoms with Crippen molar-refractivity contribution in [2.45, 2.75) is 6.61 Å². The van der Waals surface area contributed by atoms with E-state index in [4.69, 9.17) is 4.74 Å². The fourth-order valence-corrected chi connectivity index (χ4v) is 2.81. The first kappa shape index (κ1) is 16.1. The summed E-state index contributed by atoms with van der Waals surface area (Å²) in [5.74, 6) is 0.863. The van der Waals surface area contributed by atoms with Gasteiger partial charge < -0.3 is 4.74 Å². The number of pyridine rings is 1. The number of para-hydroxylation sites is 1. The Morgan fingerprint density at radius 2 is 1.58 bits per heavy atom. The minimum atomic E-state index is 0.570. The van der Waals surface area contributed by atoms with Crippen LogP contribution in [0.3, 0.4) is 0 Å². The van der Waals surface area contributed by atoms with Crippen LogP contribution >= 0.6 is 0 Å². The summed E-state index contributed by atoms with van der Waals surface area (Å²) in [4.78, 5) is 4.67. The Morgan fingerprint density at radius 3 is 2.50 bits per heavy atom. The van der Waals surface area contributed by atoms with E-state index in [1.54, 1.807) is 0 Å². The van der Waals surface area contributed by atoms with Crippen LogP contribution in [0.25, 0.3) is 23.1 Å². The predicted octanol–water partition coefficient (Wildman–Crippen LogP) is 5.98. The first-order valence-corrected chi connectivity index (χ1v) is 8.67. The van der Waals surface area contributed by atoms with E-state index in [0.29, 0.717) is 6.61 Å². The van der Waals surface area contributed by atoms with Crippen LogP contribution in [0.5, 0.6) is 5.75 Å². The van der Waals surface area contributed by atoms with Crippen LogP contribution in [-0.2, 0) is 6.61 Å². The third-order valence-electron chi connectivity index (χ3n) is 4.17. The van der Waals surface area contributed by atoms with Crippen molar-refractivity contribution < 1.29 is 4.74 Å². The van der Waals surface area contributed by atoms with E-state index in [9.17, 15) is 0 Å². The molecule has 1 aromatic heterocycles. The van der Waals surface area contributed by atoms with E-state index in [2.05, 4.69) is 41.4 Å². The SMILES string of the molecule is C(=C\c1ccc2ccccc2n1)/c1cccc(OCc2ccccc2)c1. The van der Waals surface area contributed by atoms with E-state index in [1.165, 1.54) is 0 Å². The van der Waals surface area contributed by atoms with Crippen LogP contribution in [0.4, 0.5) is 0 Å². The second-order valence-electron chi connectivity index (χ2n) is 6.11. The molecule has 0 saturated heterocycles. The van der Waals surface area contributed by atoms with Crippen molar-refractivity contribution in [3.05, 3.63) is 108 Å². The summed E-state index contributed by atoms with van der Waals surface area (Å²) in [5, 5.41) is 1.15. The average Bonchev–Trinajstić information content (AvgIpc) is 2.72. The zero-order valence-electron chi connectivity index (χ0n) is 14.4. The Kier molecular flexibility index (Phi) is 4.74. The number of fused-ring (bicyclic) bond motifs is 1. The molecule has 0 fully saturated rings. The normalized spacial score (nSPS) is 11.1. The van der Waals surface area contributed by atoms with Crippen molar-refractivity contribution in [3.63, 3.8) is 0 Å². The summed E-state index contributed by atoms with van der Waals surface area (Å²) in [5.41, 5.74) is 4.20. The van der Waals surface area contributed by atoms with Gasteiger partial charge in [0.05, 0.1) is 11.2 Å². The van der Waals surface area contributed by atoms with Gasteiger partial charge in [0, 0.05) is 5.39 Å². The Morgan fingerprint density at radius 1 is 0.731 bits per heavy atom. The van der Waals surface area contributed by atoms with Crippen LogP contribution < -0.4 is 4.74 Å². The molecule has 1 heterocycles. The number of aromatic nitrogens is 1. The molecule has 4 aromatic rings. The number of hydrogen-bond donors (Lipinski definition) is 0. The van der Waals surface area contributed by atoms with Crippen molar-refractivity contribution >= 4 is 23.1 Å². The van der Waals surface area contributed by atoms with Gasteiger partial charge >= 0.3 is 0 Å². The summed E-state index contributed by atoms with van der Waals surface area (Å²) in [6.45, 7) is 0.570. The maximum Gasteiger partial charge on any atom is 0.120 e. The molecule has 0 amide bonds. The highest BCUT2D eigenvalue weighted by Gasteiger charge is 1.98. The van der Waals surface area contributed by atoms with Gasteiger partial charge in [-0.25, -0.2) is 4.98 Å². The molecule has 3 aromatic carbocycles. The van der Waals surface area contributed by atoms with Crippen LogP contribution in [0.2, 0.25) is 0 Å². The van der Waals surface area contributed by atoms with E-state index in [0.717, 1.165) is 33.5 Å². The van der Waals surface area contributed by atoms with Crippen LogP contribution in [0, 0.1) is 0 Å². The second-order valence-corrected chi connectivity index (χ2v) is 6.11. The number of benzene rings is 3. The zero-order chi connectivity index (χ0) is 17.6. The largest absolute Gasteiger partial charge is 0.489 e. The molecule has 0 radical (unpaired) electrons. The fraction of sp³-hybridized carbons (Fsp3) is 0.0417. The van der Waals surface area contributed by atoms with Gasteiger partial charge in [0.2, 0.25) is 0 Å². The molecule has 0 aliphatic carbocycles. The molecular formula is C24H19NO. The van der Waals surface area contributed by atoms with Crippen LogP contribution in [-0.4, -0.2) is 4.98 Å². The second kappa shape index (κ2) is 7.66. The lowest BCUT2D eigenvalue weighted by Crippen LogP contribution is -1.94. The summed E-state index contributed by atoms with van der Waals surface area (Å²) < 4.78 is 5.89. The van der Waals surface area contributed by atoms with Crippen LogP contribution in [0.1, 0.15) is 16.8 Å². The topological polar surface area (TPSA) is 22.1 Å². The average molecular weight is 337 g/mol. The fourth-order valence-electron chi connectivity index (χ4n) is 2.81. The van der Waals surface area contributed by atoms with Gasteiger partial charge in [0.25, 0.3) is 0 Å². The highest BCUT2D eigenvalue weighted by atomic mass is 16.5. The molecular weight excluding hydrogens is 318 g/mol. The minimum absolute atomic E-state index is 0.570. The lowest BCUT2D eigenvalue weighted by atomic mass is 10.1. The molecule has 126 valence electrons. The molecule has 0 saturated carbocycles. The minimum Gasteiger partial charge on any atom is -0.489 e. The third kappa shape index (κ3) is 3.98. The first-order chi connectivity index (χ1) is 12.9. The van der Waals surface area contributed by atoms with Gasteiger partial charge in [-0.1, -0.05) is 72.8 Å². The van der Waals surface area contributed by atoms with E-state index in [1.807, 2.05) is 66.7 Å². The van der Waals surface area contributed by atoms with Crippen LogP contribution in [0.15, 0.2) is 91.0 Å². The highest BCUT2D eigenvalue weighted by molar-refractivity contribution is 5.80. The lowest BCUT2D eigenvalue weighted by Gasteiger charge is -2.07. The molecule has 0 bridgehead atoms. The Hall–Kier alpha value is -3.39. The zero-order valence-corrected chi connectivity index (χ0v) is 14.4. The monoisotopic (exact) mass is 337 g/mol. The highest BCUT2D eigenvalue weighted by Crippen LogP contribution is 2.18. The molecule has 0 aliphatic rings.